The Morgan fingerprint density at radius 1 is 0.848 bits per heavy atom. The summed E-state index contributed by atoms with van der Waals surface area (Å²) in [5, 5.41) is 8.39. The summed E-state index contributed by atoms with van der Waals surface area (Å²) in [6.07, 6.45) is 0. The molecule has 5 rings (SSSR count). The Morgan fingerprint density at radius 3 is 2.09 bits per heavy atom. The van der Waals surface area contributed by atoms with Gasteiger partial charge < -0.3 is 0 Å². The monoisotopic (exact) mass is 450 g/mol. The molecule has 0 aliphatic carbocycles. The fraction of sp³-hybridized carbons (Fsp3) is 0.0741. The van der Waals surface area contributed by atoms with E-state index in [4.69, 9.17) is 5.10 Å². The van der Waals surface area contributed by atoms with Gasteiger partial charge >= 0.3 is 0 Å². The van der Waals surface area contributed by atoms with E-state index < -0.39 is 0 Å². The number of amides is 1. The summed E-state index contributed by atoms with van der Waals surface area (Å²) in [5.74, 6) is -0.177. The van der Waals surface area contributed by atoms with Crippen molar-refractivity contribution in [1.82, 2.24) is 14.8 Å². The van der Waals surface area contributed by atoms with Crippen LogP contribution in [0.25, 0.3) is 28.2 Å². The molecule has 0 unspecified atom stereocenters. The Bertz CT molecular complexity index is 1380. The summed E-state index contributed by atoms with van der Waals surface area (Å²) >= 11 is 1.48. The molecule has 2 aromatic heterocycles. The highest BCUT2D eigenvalue weighted by molar-refractivity contribution is 7.15. The van der Waals surface area contributed by atoms with Gasteiger partial charge in [0.2, 0.25) is 0 Å². The van der Waals surface area contributed by atoms with Crippen molar-refractivity contribution in [3.63, 3.8) is 0 Å². The fourth-order valence-electron chi connectivity index (χ4n) is 3.59. The lowest BCUT2D eigenvalue weighted by Crippen LogP contribution is -2.12. The summed E-state index contributed by atoms with van der Waals surface area (Å²) in [4.78, 5) is 18.2. The number of carbonyl (C=O) groups excluding carboxylic acids is 1. The summed E-state index contributed by atoms with van der Waals surface area (Å²) in [6.45, 7) is 3.93. The van der Waals surface area contributed by atoms with E-state index in [-0.39, 0.29) is 5.91 Å². The number of nitrogens with one attached hydrogen (secondary N) is 1. The van der Waals surface area contributed by atoms with Gasteiger partial charge in [0.25, 0.3) is 5.91 Å². The van der Waals surface area contributed by atoms with Crippen LogP contribution >= 0.6 is 11.3 Å². The van der Waals surface area contributed by atoms with Crippen LogP contribution in [0.5, 0.6) is 0 Å². The third-order valence-electron chi connectivity index (χ3n) is 5.47. The van der Waals surface area contributed by atoms with Crippen LogP contribution in [0.4, 0.5) is 5.13 Å². The van der Waals surface area contributed by atoms with Gasteiger partial charge in [0.1, 0.15) is 0 Å². The number of nitrogens with zero attached hydrogens (tertiary/aromatic N) is 3. The zero-order chi connectivity index (χ0) is 22.8. The second-order valence-corrected chi connectivity index (χ2v) is 8.92. The molecule has 0 bridgehead atoms. The van der Waals surface area contributed by atoms with Crippen LogP contribution in [0.1, 0.15) is 20.9 Å². The summed E-state index contributed by atoms with van der Waals surface area (Å²) in [6, 6.07) is 29.9. The predicted molar refractivity (Wildman–Crippen MR) is 134 cm³/mol. The Hall–Kier alpha value is -4.03. The first-order valence-electron chi connectivity index (χ1n) is 10.7. The number of hydrogen-bond acceptors (Lipinski definition) is 4. The maximum Gasteiger partial charge on any atom is 0.257 e. The molecule has 6 heteroatoms. The zero-order valence-electron chi connectivity index (χ0n) is 18.3. The molecule has 0 fully saturated rings. The molecule has 3 aromatic carbocycles. The van der Waals surface area contributed by atoms with E-state index in [9.17, 15) is 4.79 Å². The van der Waals surface area contributed by atoms with E-state index in [1.807, 2.05) is 79.2 Å². The topological polar surface area (TPSA) is 59.8 Å². The third kappa shape index (κ3) is 4.33. The Kier molecular flexibility index (Phi) is 5.59. The van der Waals surface area contributed by atoms with Crippen molar-refractivity contribution in [2.45, 2.75) is 13.8 Å². The number of benzene rings is 3. The summed E-state index contributed by atoms with van der Waals surface area (Å²) in [5.41, 5.74) is 6.40. The van der Waals surface area contributed by atoms with Crippen LogP contribution < -0.4 is 5.32 Å². The smallest absolute Gasteiger partial charge is 0.257 e. The van der Waals surface area contributed by atoms with E-state index >= 15 is 0 Å². The molecule has 2 heterocycles. The lowest BCUT2D eigenvalue weighted by Gasteiger charge is -2.09. The molecule has 0 aliphatic rings. The molecule has 0 aliphatic heterocycles. The predicted octanol–water partition coefficient (Wildman–Crippen LogP) is 6.53. The highest BCUT2D eigenvalue weighted by Gasteiger charge is 2.14. The molecule has 162 valence electrons. The molecule has 33 heavy (non-hydrogen) atoms. The first kappa shape index (κ1) is 20.8. The number of hydrogen-bond donors (Lipinski definition) is 1. The van der Waals surface area contributed by atoms with Gasteiger partial charge in [-0.3, -0.25) is 10.1 Å². The minimum Gasteiger partial charge on any atom is -0.298 e. The Balaban J connectivity index is 1.48. The summed E-state index contributed by atoms with van der Waals surface area (Å²) in [7, 11) is 0. The zero-order valence-corrected chi connectivity index (χ0v) is 19.1. The summed E-state index contributed by atoms with van der Waals surface area (Å²) < 4.78 is 1.92. The highest BCUT2D eigenvalue weighted by Crippen LogP contribution is 2.29. The minimum absolute atomic E-state index is 0.177. The maximum atomic E-state index is 12.7. The largest absolute Gasteiger partial charge is 0.298 e. The van der Waals surface area contributed by atoms with Gasteiger partial charge in [-0.05, 0) is 44.2 Å². The first-order chi connectivity index (χ1) is 16.1. The normalized spacial score (nSPS) is 10.8. The Labute approximate surface area is 196 Å². The van der Waals surface area contributed by atoms with Gasteiger partial charge in [0.05, 0.1) is 22.8 Å². The molecule has 5 aromatic rings. The van der Waals surface area contributed by atoms with Crippen LogP contribution in [-0.4, -0.2) is 20.7 Å². The van der Waals surface area contributed by atoms with Crippen molar-refractivity contribution in [3.05, 3.63) is 107 Å². The van der Waals surface area contributed by atoms with Crippen LogP contribution in [0, 0.1) is 13.8 Å². The molecule has 0 atom stereocenters. The van der Waals surface area contributed by atoms with Crippen LogP contribution in [-0.2, 0) is 0 Å². The highest BCUT2D eigenvalue weighted by atomic mass is 32.1. The Morgan fingerprint density at radius 2 is 1.48 bits per heavy atom. The van der Waals surface area contributed by atoms with Gasteiger partial charge in [0, 0.05) is 21.6 Å². The van der Waals surface area contributed by atoms with E-state index in [0.717, 1.165) is 38.8 Å². The average Bonchev–Trinajstić information content (AvgIpc) is 3.43. The van der Waals surface area contributed by atoms with E-state index in [2.05, 4.69) is 40.6 Å². The van der Waals surface area contributed by atoms with Crippen molar-refractivity contribution < 1.29 is 4.79 Å². The third-order valence-corrected chi connectivity index (χ3v) is 6.46. The molecule has 0 radical (unpaired) electrons. The van der Waals surface area contributed by atoms with Crippen molar-refractivity contribution >= 4 is 22.4 Å². The van der Waals surface area contributed by atoms with E-state index in [1.54, 1.807) is 0 Å². The van der Waals surface area contributed by atoms with Gasteiger partial charge in [-0.2, -0.15) is 5.10 Å². The number of aromatic nitrogens is 3. The molecule has 1 amide bonds. The molecule has 0 spiro atoms. The lowest BCUT2D eigenvalue weighted by atomic mass is 10.1. The van der Waals surface area contributed by atoms with Crippen molar-refractivity contribution in [2.75, 3.05) is 5.32 Å². The number of carbonyl (C=O) groups is 1. The van der Waals surface area contributed by atoms with Crippen LogP contribution in [0.2, 0.25) is 0 Å². The fourth-order valence-corrected chi connectivity index (χ4v) is 4.40. The molecule has 5 nitrogen and oxygen atoms in total. The minimum atomic E-state index is -0.177. The molecule has 1 N–H and O–H groups in total. The van der Waals surface area contributed by atoms with E-state index in [1.165, 1.54) is 11.3 Å². The van der Waals surface area contributed by atoms with Gasteiger partial charge in [-0.1, -0.05) is 60.7 Å². The molecular formula is C27H22N4OS. The van der Waals surface area contributed by atoms with Gasteiger partial charge in [-0.25, -0.2) is 9.67 Å². The van der Waals surface area contributed by atoms with Crippen LogP contribution in [0.15, 0.2) is 91.0 Å². The second-order valence-electron chi connectivity index (χ2n) is 7.72. The molecule has 0 saturated heterocycles. The average molecular weight is 451 g/mol. The molecule has 0 saturated carbocycles. The number of rotatable bonds is 5. The van der Waals surface area contributed by atoms with Crippen LogP contribution in [0.3, 0.4) is 0 Å². The van der Waals surface area contributed by atoms with E-state index in [0.29, 0.717) is 10.7 Å². The van der Waals surface area contributed by atoms with Crippen molar-refractivity contribution in [3.8, 4) is 28.2 Å². The molecular weight excluding hydrogens is 428 g/mol. The number of thiazole rings is 1. The quantitative estimate of drug-likeness (QED) is 0.331. The number of aryl methyl sites for hydroxylation is 2. The van der Waals surface area contributed by atoms with Crippen molar-refractivity contribution in [1.29, 1.82) is 0 Å². The SMILES string of the molecule is Cc1nc(NC(=O)c2ccc(-n3nc(-c4ccccc4)cc3-c3ccccc3)cc2)sc1C. The van der Waals surface area contributed by atoms with Gasteiger partial charge in [-0.15, -0.1) is 11.3 Å². The standard InChI is InChI=1S/C27H22N4OS/c1-18-19(2)33-27(28-18)29-26(32)22-13-15-23(16-14-22)31-25(21-11-7-4-8-12-21)17-24(30-31)20-9-5-3-6-10-20/h3-17H,1-2H3,(H,28,29,32). The lowest BCUT2D eigenvalue weighted by molar-refractivity contribution is 0.102. The second kappa shape index (κ2) is 8.84. The number of anilines is 1. The first-order valence-corrected chi connectivity index (χ1v) is 11.5. The van der Waals surface area contributed by atoms with Gasteiger partial charge in [0.15, 0.2) is 5.13 Å². The maximum absolute atomic E-state index is 12.7. The van der Waals surface area contributed by atoms with Crippen molar-refractivity contribution in [2.24, 2.45) is 0 Å².